The Labute approximate surface area is 352 Å². The van der Waals surface area contributed by atoms with Gasteiger partial charge in [-0.1, -0.05) is 17.7 Å². The third-order valence-corrected chi connectivity index (χ3v) is 14.0. The molecule has 0 aliphatic rings. The highest BCUT2D eigenvalue weighted by Crippen LogP contribution is 2.42. The molecule has 0 amide bonds. The van der Waals surface area contributed by atoms with E-state index >= 15 is 26.3 Å². The van der Waals surface area contributed by atoms with Crippen molar-refractivity contribution in [1.82, 2.24) is 0 Å². The van der Waals surface area contributed by atoms with Gasteiger partial charge in [-0.05, 0) is 85.8 Å². The number of halogens is 8. The first-order valence-electron chi connectivity index (χ1n) is 17.0. The van der Waals surface area contributed by atoms with E-state index in [0.29, 0.717) is 5.56 Å². The predicted octanol–water partition coefficient (Wildman–Crippen LogP) is 8.94. The van der Waals surface area contributed by atoms with Crippen LogP contribution >= 0.6 is 0 Å². The molecule has 0 aliphatic heterocycles. The molecular formula is C39H24F8O12S4. The van der Waals surface area contributed by atoms with E-state index in [-0.39, 0.29) is 27.7 Å². The van der Waals surface area contributed by atoms with Crippen LogP contribution in [0.4, 0.5) is 35.1 Å². The normalized spacial score (nSPS) is 12.3. The summed E-state index contributed by atoms with van der Waals surface area (Å²) in [7, 11) is -19.4. The van der Waals surface area contributed by atoms with Crippen molar-refractivity contribution in [2.75, 3.05) is 6.26 Å². The second-order valence-corrected chi connectivity index (χ2v) is 20.4. The maximum atomic E-state index is 15.3. The molecule has 1 N–H and O–H groups in total. The highest BCUT2D eigenvalue weighted by atomic mass is 32.2. The van der Waals surface area contributed by atoms with Crippen LogP contribution in [0.5, 0.6) is 34.5 Å². The average Bonchev–Trinajstić information content (AvgIpc) is 3.20. The van der Waals surface area contributed by atoms with E-state index in [1.165, 1.54) is 12.1 Å². The molecule has 6 aromatic carbocycles. The van der Waals surface area contributed by atoms with Gasteiger partial charge in [0.15, 0.2) is 33.1 Å². The van der Waals surface area contributed by atoms with Crippen molar-refractivity contribution < 1.29 is 87.6 Å². The number of hydrogen-bond acceptors (Lipinski definition) is 11. The smallest absolute Gasteiger partial charge is 0.269 e. The van der Waals surface area contributed by atoms with Crippen LogP contribution in [-0.2, 0) is 45.4 Å². The number of ether oxygens (including phenoxy) is 3. The summed E-state index contributed by atoms with van der Waals surface area (Å²) < 4.78 is 246. The Hall–Kier alpha value is -6.08. The minimum Gasteiger partial charge on any atom is -0.457 e. The van der Waals surface area contributed by atoms with Gasteiger partial charge in [-0.2, -0.15) is 26.0 Å². The second kappa shape index (κ2) is 16.9. The number of aryl methyl sites for hydroxylation is 1. The first-order chi connectivity index (χ1) is 29.2. The zero-order chi connectivity index (χ0) is 46.6. The molecule has 0 radical (unpaired) electrons. The van der Waals surface area contributed by atoms with E-state index in [9.17, 15) is 47.0 Å². The lowest BCUT2D eigenvalue weighted by atomic mass is 10.2. The Morgan fingerprint density at radius 3 is 1.17 bits per heavy atom. The molecule has 332 valence electrons. The Kier molecular flexibility index (Phi) is 12.4. The number of hydrogen-bond donors (Lipinski definition) is 1. The maximum Gasteiger partial charge on any atom is 0.269 e. The second-order valence-electron chi connectivity index (χ2n) is 13.2. The Morgan fingerprint density at radius 2 is 0.810 bits per heavy atom. The first-order valence-corrected chi connectivity index (χ1v) is 23.5. The Morgan fingerprint density at radius 1 is 0.460 bits per heavy atom. The van der Waals surface area contributed by atoms with Gasteiger partial charge in [0, 0.05) is 11.8 Å². The molecule has 0 spiro atoms. The molecule has 6 rings (SSSR count). The summed E-state index contributed by atoms with van der Waals surface area (Å²) in [4.78, 5) is -6.55. The van der Waals surface area contributed by atoms with Crippen molar-refractivity contribution in [3.63, 3.8) is 0 Å². The van der Waals surface area contributed by atoms with E-state index in [1.54, 1.807) is 6.92 Å². The third-order valence-electron chi connectivity index (χ3n) is 8.66. The van der Waals surface area contributed by atoms with Gasteiger partial charge in [-0.25, -0.2) is 42.8 Å². The molecule has 24 heteroatoms. The summed E-state index contributed by atoms with van der Waals surface area (Å²) in [5.74, 6) is -27.6. The van der Waals surface area contributed by atoms with Crippen LogP contribution < -0.4 is 14.2 Å². The van der Waals surface area contributed by atoms with Gasteiger partial charge in [0.1, 0.15) is 38.5 Å². The van der Waals surface area contributed by atoms with Gasteiger partial charge >= 0.3 is 0 Å². The first kappa shape index (κ1) is 46.4. The quantitative estimate of drug-likeness (QED) is 0.0660. The third kappa shape index (κ3) is 9.34. The van der Waals surface area contributed by atoms with Crippen molar-refractivity contribution in [3.05, 3.63) is 149 Å². The highest BCUT2D eigenvalue weighted by Gasteiger charge is 2.41. The van der Waals surface area contributed by atoms with Crippen molar-refractivity contribution in [2.24, 2.45) is 0 Å². The van der Waals surface area contributed by atoms with Crippen LogP contribution in [0, 0.1) is 53.5 Å². The fourth-order valence-corrected chi connectivity index (χ4v) is 9.67. The van der Waals surface area contributed by atoms with Gasteiger partial charge in [-0.3, -0.25) is 4.55 Å². The molecule has 0 aromatic heterocycles. The van der Waals surface area contributed by atoms with Crippen LogP contribution in [0.15, 0.2) is 115 Å². The zero-order valence-corrected chi connectivity index (χ0v) is 34.7. The highest BCUT2D eigenvalue weighted by molar-refractivity contribution is 7.92. The Balaban J connectivity index is 1.25. The van der Waals surface area contributed by atoms with Crippen LogP contribution in [0.25, 0.3) is 0 Å². The fraction of sp³-hybridized carbons (Fsp3) is 0.0769. The Bertz CT molecular complexity index is 3220. The molecule has 0 atom stereocenters. The summed E-state index contributed by atoms with van der Waals surface area (Å²) in [6.07, 6.45) is 0.857. The molecule has 12 nitrogen and oxygen atoms in total. The number of rotatable bonds is 13. The topological polar surface area (TPSA) is 184 Å². The zero-order valence-electron chi connectivity index (χ0n) is 31.5. The predicted molar refractivity (Wildman–Crippen MR) is 203 cm³/mol. The molecule has 0 fully saturated rings. The van der Waals surface area contributed by atoms with Crippen LogP contribution in [0.3, 0.4) is 0 Å². The largest absolute Gasteiger partial charge is 0.457 e. The van der Waals surface area contributed by atoms with Gasteiger partial charge in [0.05, 0.1) is 14.7 Å². The van der Waals surface area contributed by atoms with Crippen molar-refractivity contribution >= 4 is 39.6 Å². The minimum atomic E-state index is -6.52. The minimum absolute atomic E-state index is 0.0836. The van der Waals surface area contributed by atoms with E-state index in [0.717, 1.165) is 85.1 Å². The fourth-order valence-electron chi connectivity index (χ4n) is 5.61. The SMILES string of the molecule is Cc1ccc(Oc2c(F)c(F)c(S(=O)(=O)c3c(F)c(F)c(Oc4ccc(S(=O)(=O)c5ccc(Oc6ccc(S(C)(=O)=O)cc6CS(=O)(=O)O)cc5)cc4)c(F)c3F)c(F)c2F)cc1. The summed E-state index contributed by atoms with van der Waals surface area (Å²) in [5, 5.41) is 0. The lowest BCUT2D eigenvalue weighted by Gasteiger charge is -2.16. The molecule has 63 heavy (non-hydrogen) atoms. The van der Waals surface area contributed by atoms with E-state index < -0.39 is 129 Å². The van der Waals surface area contributed by atoms with Gasteiger partial charge in [-0.15, -0.1) is 0 Å². The van der Waals surface area contributed by atoms with E-state index in [4.69, 9.17) is 14.2 Å². The molecule has 0 saturated heterocycles. The van der Waals surface area contributed by atoms with Gasteiger partial charge in [0.2, 0.25) is 54.4 Å². The van der Waals surface area contributed by atoms with Crippen LogP contribution in [0.1, 0.15) is 11.1 Å². The van der Waals surface area contributed by atoms with E-state index in [2.05, 4.69) is 0 Å². The monoisotopic (exact) mass is 964 g/mol. The molecule has 0 aliphatic carbocycles. The number of sulfone groups is 3. The van der Waals surface area contributed by atoms with Gasteiger partial charge < -0.3 is 14.2 Å². The maximum absolute atomic E-state index is 15.3. The van der Waals surface area contributed by atoms with Crippen LogP contribution in [-0.4, -0.2) is 44.5 Å². The molecule has 0 bridgehead atoms. The lowest BCUT2D eigenvalue weighted by molar-refractivity contribution is 0.345. The van der Waals surface area contributed by atoms with Crippen molar-refractivity contribution in [1.29, 1.82) is 0 Å². The molecular weight excluding hydrogens is 941 g/mol. The standard InChI is InChI=1S/C39H24F8O12S4/c1-19-3-5-22(6-4-19)58-36-28(40)32(44)38(33(45)29(36)41)63(55,56)39-34(46)30(42)37(31(43)35(39)47)59-23-9-13-25(14-10-23)62(53,54)24-11-7-21(8-12-24)57-27-16-15-26(60(2,48)49)17-20(27)18-61(50,51)52/h3-17H,18H2,1-2H3,(H,50,51,52). The number of benzene rings is 6. The summed E-state index contributed by atoms with van der Waals surface area (Å²) in [5.41, 5.74) is 0.373. The van der Waals surface area contributed by atoms with Gasteiger partial charge in [0.25, 0.3) is 10.1 Å². The summed E-state index contributed by atoms with van der Waals surface area (Å²) in [6.45, 7) is 1.61. The van der Waals surface area contributed by atoms with Crippen molar-refractivity contribution in [3.8, 4) is 34.5 Å². The van der Waals surface area contributed by atoms with E-state index in [1.807, 2.05) is 0 Å². The summed E-state index contributed by atoms with van der Waals surface area (Å²) >= 11 is 0. The van der Waals surface area contributed by atoms with Crippen molar-refractivity contribution in [2.45, 2.75) is 37.2 Å². The lowest BCUT2D eigenvalue weighted by Crippen LogP contribution is -2.17. The summed E-state index contributed by atoms with van der Waals surface area (Å²) in [6, 6.07) is 15.6. The molecule has 6 aromatic rings. The average molecular weight is 965 g/mol. The molecule has 0 saturated carbocycles. The molecule has 0 heterocycles. The van der Waals surface area contributed by atoms with Crippen LogP contribution in [0.2, 0.25) is 0 Å². The molecule has 0 unspecified atom stereocenters.